The first-order valence-electron chi connectivity index (χ1n) is 8.14. The van der Waals surface area contributed by atoms with Gasteiger partial charge in [-0.25, -0.2) is 4.68 Å². The zero-order chi connectivity index (χ0) is 18.8. The summed E-state index contributed by atoms with van der Waals surface area (Å²) in [4.78, 5) is 0. The summed E-state index contributed by atoms with van der Waals surface area (Å²) in [6.45, 7) is 1.87. The highest BCUT2D eigenvalue weighted by Gasteiger charge is 2.14. The van der Waals surface area contributed by atoms with E-state index in [0.717, 1.165) is 16.9 Å². The van der Waals surface area contributed by atoms with Crippen LogP contribution in [0.5, 0.6) is 0 Å². The molecule has 2 aromatic heterocycles. The molecule has 0 bridgehead atoms. The van der Waals surface area contributed by atoms with Gasteiger partial charge in [-0.15, -0.1) is 10.2 Å². The Morgan fingerprint density at radius 1 is 1.04 bits per heavy atom. The van der Waals surface area contributed by atoms with Crippen LogP contribution in [0, 0.1) is 6.92 Å². The van der Waals surface area contributed by atoms with Crippen LogP contribution in [0.2, 0.25) is 10.2 Å². The van der Waals surface area contributed by atoms with Crippen LogP contribution in [0.1, 0.15) is 11.3 Å². The van der Waals surface area contributed by atoms with Gasteiger partial charge in [0.1, 0.15) is 11.5 Å². The van der Waals surface area contributed by atoms with Crippen molar-refractivity contribution in [3.05, 3.63) is 82.4 Å². The Hall–Kier alpha value is -2.96. The van der Waals surface area contributed by atoms with Crippen molar-refractivity contribution in [2.24, 2.45) is 5.10 Å². The monoisotopic (exact) mass is 396 g/mol. The Morgan fingerprint density at radius 2 is 1.85 bits per heavy atom. The molecule has 0 unspecified atom stereocenters. The van der Waals surface area contributed by atoms with Gasteiger partial charge in [0.2, 0.25) is 0 Å². The van der Waals surface area contributed by atoms with Crippen molar-refractivity contribution in [3.8, 4) is 17.1 Å². The van der Waals surface area contributed by atoms with Gasteiger partial charge >= 0.3 is 0 Å². The van der Waals surface area contributed by atoms with Gasteiger partial charge < -0.3 is 0 Å². The van der Waals surface area contributed by atoms with Gasteiger partial charge in [0.25, 0.3) is 0 Å². The maximum absolute atomic E-state index is 6.54. The fourth-order valence-corrected chi connectivity index (χ4v) is 3.15. The third kappa shape index (κ3) is 3.49. The van der Waals surface area contributed by atoms with E-state index in [4.69, 9.17) is 23.2 Å². The van der Waals surface area contributed by atoms with E-state index < -0.39 is 0 Å². The lowest BCUT2D eigenvalue weighted by Gasteiger charge is -2.03. The highest BCUT2D eigenvalue weighted by molar-refractivity contribution is 6.32. The Morgan fingerprint density at radius 3 is 2.63 bits per heavy atom. The van der Waals surface area contributed by atoms with Gasteiger partial charge in [-0.3, -0.25) is 0 Å². The summed E-state index contributed by atoms with van der Waals surface area (Å²) in [7, 11) is 0. The zero-order valence-corrected chi connectivity index (χ0v) is 15.8. The minimum atomic E-state index is 0.452. The van der Waals surface area contributed by atoms with Crippen LogP contribution >= 0.6 is 23.2 Å². The molecule has 0 saturated carbocycles. The molecule has 0 spiro atoms. The van der Waals surface area contributed by atoms with E-state index in [-0.39, 0.29) is 0 Å². The normalized spacial score (nSPS) is 11.4. The van der Waals surface area contributed by atoms with E-state index in [1.165, 1.54) is 0 Å². The molecule has 4 rings (SSSR count). The van der Waals surface area contributed by atoms with Crippen LogP contribution in [0.4, 0.5) is 0 Å². The average molecular weight is 397 g/mol. The van der Waals surface area contributed by atoms with Crippen LogP contribution in [-0.2, 0) is 0 Å². The Balaban J connectivity index is 1.70. The standard InChI is InChI=1S/C19H14Cl2N6/c1-13-17(18(21)27(25-13)16-9-5-8-15(20)10-16)11-23-26-12-22-24-19(26)14-6-3-2-4-7-14/h2-12H,1H3/b23-11-. The van der Waals surface area contributed by atoms with Gasteiger partial charge in [-0.05, 0) is 25.1 Å². The quantitative estimate of drug-likeness (QED) is 0.472. The van der Waals surface area contributed by atoms with Crippen LogP contribution in [0.25, 0.3) is 17.1 Å². The fourth-order valence-electron chi connectivity index (χ4n) is 2.65. The molecule has 0 saturated heterocycles. The van der Waals surface area contributed by atoms with E-state index in [1.54, 1.807) is 34.0 Å². The lowest BCUT2D eigenvalue weighted by Crippen LogP contribution is -1.97. The van der Waals surface area contributed by atoms with Crippen molar-refractivity contribution >= 4 is 29.4 Å². The van der Waals surface area contributed by atoms with E-state index in [1.807, 2.05) is 49.4 Å². The largest absolute Gasteiger partial charge is 0.221 e. The highest BCUT2D eigenvalue weighted by Crippen LogP contribution is 2.24. The molecule has 134 valence electrons. The minimum Gasteiger partial charge on any atom is -0.221 e. The number of hydrogen-bond acceptors (Lipinski definition) is 4. The van der Waals surface area contributed by atoms with Gasteiger partial charge in [0.05, 0.1) is 23.2 Å². The second-order valence-electron chi connectivity index (χ2n) is 5.79. The molecule has 0 atom stereocenters. The second-order valence-corrected chi connectivity index (χ2v) is 6.59. The van der Waals surface area contributed by atoms with Crippen LogP contribution in [0.15, 0.2) is 66.0 Å². The predicted molar refractivity (Wildman–Crippen MR) is 107 cm³/mol. The number of benzene rings is 2. The first-order valence-corrected chi connectivity index (χ1v) is 8.90. The third-order valence-corrected chi connectivity index (χ3v) is 4.57. The number of halogens is 2. The number of rotatable bonds is 4. The van der Waals surface area contributed by atoms with Crippen LogP contribution < -0.4 is 0 Å². The van der Waals surface area contributed by atoms with Crippen molar-refractivity contribution in [1.29, 1.82) is 0 Å². The number of nitrogens with zero attached hydrogens (tertiary/aromatic N) is 6. The van der Waals surface area contributed by atoms with Gasteiger partial charge in [0.15, 0.2) is 5.82 Å². The summed E-state index contributed by atoms with van der Waals surface area (Å²) < 4.78 is 3.23. The molecule has 0 aliphatic heterocycles. The molecule has 0 aliphatic rings. The van der Waals surface area contributed by atoms with Crippen molar-refractivity contribution < 1.29 is 0 Å². The smallest absolute Gasteiger partial charge is 0.184 e. The molecule has 0 fully saturated rings. The number of hydrogen-bond donors (Lipinski definition) is 0. The molecule has 2 aromatic carbocycles. The predicted octanol–water partition coefficient (Wildman–Crippen LogP) is 4.63. The van der Waals surface area contributed by atoms with Gasteiger partial charge in [-0.1, -0.05) is 59.6 Å². The molecule has 0 radical (unpaired) electrons. The molecular formula is C19H14Cl2N6. The molecule has 4 aromatic rings. The van der Waals surface area contributed by atoms with E-state index in [2.05, 4.69) is 20.4 Å². The lowest BCUT2D eigenvalue weighted by molar-refractivity contribution is 0.863. The molecule has 0 aliphatic carbocycles. The second kappa shape index (κ2) is 7.34. The minimum absolute atomic E-state index is 0.452. The Labute approximate surface area is 165 Å². The van der Waals surface area contributed by atoms with Crippen molar-refractivity contribution in [2.45, 2.75) is 6.92 Å². The summed E-state index contributed by atoms with van der Waals surface area (Å²) in [6.07, 6.45) is 3.20. The van der Waals surface area contributed by atoms with E-state index in [9.17, 15) is 0 Å². The Bertz CT molecular complexity index is 1110. The van der Waals surface area contributed by atoms with Crippen molar-refractivity contribution in [1.82, 2.24) is 24.7 Å². The van der Waals surface area contributed by atoms with Crippen molar-refractivity contribution in [3.63, 3.8) is 0 Å². The van der Waals surface area contributed by atoms with E-state index in [0.29, 0.717) is 21.6 Å². The molecule has 2 heterocycles. The first kappa shape index (κ1) is 17.5. The summed E-state index contributed by atoms with van der Waals surface area (Å²) in [5.74, 6) is 0.642. The first-order chi connectivity index (χ1) is 13.1. The highest BCUT2D eigenvalue weighted by atomic mass is 35.5. The van der Waals surface area contributed by atoms with E-state index >= 15 is 0 Å². The molecule has 8 heteroatoms. The zero-order valence-electron chi connectivity index (χ0n) is 14.3. The number of aryl methyl sites for hydroxylation is 1. The van der Waals surface area contributed by atoms with Crippen LogP contribution in [0.3, 0.4) is 0 Å². The summed E-state index contributed by atoms with van der Waals surface area (Å²) in [6, 6.07) is 17.1. The SMILES string of the molecule is Cc1nn(-c2cccc(Cl)c2)c(Cl)c1/C=N\n1cnnc1-c1ccccc1. The molecule has 0 N–H and O–H groups in total. The molecule has 27 heavy (non-hydrogen) atoms. The fraction of sp³-hybridized carbons (Fsp3) is 0.0526. The Kier molecular flexibility index (Phi) is 4.75. The van der Waals surface area contributed by atoms with Crippen LogP contribution in [-0.4, -0.2) is 30.9 Å². The van der Waals surface area contributed by atoms with Gasteiger partial charge in [0, 0.05) is 10.6 Å². The van der Waals surface area contributed by atoms with Gasteiger partial charge in [-0.2, -0.15) is 14.9 Å². The summed E-state index contributed by atoms with van der Waals surface area (Å²) >= 11 is 12.6. The number of aromatic nitrogens is 5. The topological polar surface area (TPSA) is 60.9 Å². The molecule has 6 nitrogen and oxygen atoms in total. The van der Waals surface area contributed by atoms with Crippen molar-refractivity contribution in [2.75, 3.05) is 0 Å². The lowest BCUT2D eigenvalue weighted by atomic mass is 10.2. The third-order valence-electron chi connectivity index (χ3n) is 3.97. The average Bonchev–Trinajstić information content (AvgIpc) is 3.25. The maximum atomic E-state index is 6.54. The molecular weight excluding hydrogens is 383 g/mol. The molecule has 0 amide bonds. The summed E-state index contributed by atoms with van der Waals surface area (Å²) in [5.41, 5.74) is 3.16. The maximum Gasteiger partial charge on any atom is 0.184 e. The summed E-state index contributed by atoms with van der Waals surface area (Å²) in [5, 5.41) is 18.1.